The van der Waals surface area contributed by atoms with Crippen LogP contribution < -0.4 is 15.2 Å². The van der Waals surface area contributed by atoms with E-state index in [2.05, 4.69) is 39.8 Å². The van der Waals surface area contributed by atoms with Gasteiger partial charge in [-0.25, -0.2) is 0 Å². The molecular formula is C29H48O2. The van der Waals surface area contributed by atoms with Crippen molar-refractivity contribution in [3.63, 3.8) is 0 Å². The summed E-state index contributed by atoms with van der Waals surface area (Å²) in [6.07, 6.45) is 9.30. The van der Waals surface area contributed by atoms with E-state index in [1.807, 2.05) is 79.7 Å². The maximum absolute atomic E-state index is 5.88. The Hall–Kier alpha value is -2.24. The van der Waals surface area contributed by atoms with E-state index in [0.29, 0.717) is 5.41 Å². The monoisotopic (exact) mass is 428 g/mol. The average Bonchev–Trinajstić information content (AvgIpc) is 2.72. The van der Waals surface area contributed by atoms with Crippen molar-refractivity contribution in [1.82, 2.24) is 0 Å². The molecule has 0 bridgehead atoms. The Balaban J connectivity index is -0.000000598. The van der Waals surface area contributed by atoms with E-state index >= 15 is 0 Å². The van der Waals surface area contributed by atoms with Crippen molar-refractivity contribution in [3.8, 4) is 18.1 Å². The predicted octanol–water partition coefficient (Wildman–Crippen LogP) is 6.84. The second-order valence-electron chi connectivity index (χ2n) is 7.94. The number of ether oxygens (including phenoxy) is 2. The third kappa shape index (κ3) is 16.2. The smallest absolute Gasteiger partial charge is 0.121 e. The van der Waals surface area contributed by atoms with Gasteiger partial charge in [-0.3, -0.25) is 0 Å². The van der Waals surface area contributed by atoms with E-state index in [1.54, 1.807) is 7.11 Å². The fraction of sp³-hybridized carbons (Fsp3) is 0.517. The molecule has 0 amide bonds. The Morgan fingerprint density at radius 2 is 1.71 bits per heavy atom. The van der Waals surface area contributed by atoms with E-state index < -0.39 is 0 Å². The van der Waals surface area contributed by atoms with E-state index in [9.17, 15) is 0 Å². The lowest BCUT2D eigenvalue weighted by molar-refractivity contribution is 0.116. The summed E-state index contributed by atoms with van der Waals surface area (Å²) in [7, 11) is 1.73. The molecule has 0 saturated heterocycles. The van der Waals surface area contributed by atoms with Gasteiger partial charge in [0.25, 0.3) is 0 Å². The Morgan fingerprint density at radius 1 is 1.19 bits per heavy atom. The van der Waals surface area contributed by atoms with Crippen molar-refractivity contribution in [2.45, 2.75) is 82.3 Å². The predicted molar refractivity (Wildman–Crippen MR) is 142 cm³/mol. The summed E-state index contributed by atoms with van der Waals surface area (Å²) in [5.74, 6) is 3.46. The minimum Gasteiger partial charge on any atom is -0.486 e. The zero-order valence-electron chi connectivity index (χ0n) is 22.4. The van der Waals surface area contributed by atoms with Crippen molar-refractivity contribution >= 4 is 12.7 Å². The van der Waals surface area contributed by atoms with Crippen molar-refractivity contribution in [1.29, 1.82) is 0 Å². The lowest BCUT2D eigenvalue weighted by Gasteiger charge is -2.15. The molecule has 0 saturated carbocycles. The second kappa shape index (κ2) is 18.5. The van der Waals surface area contributed by atoms with Crippen LogP contribution in [0.3, 0.4) is 0 Å². The number of allylic oxidation sites excluding steroid dienone is 2. The van der Waals surface area contributed by atoms with E-state index in [0.717, 1.165) is 39.5 Å². The van der Waals surface area contributed by atoms with Crippen molar-refractivity contribution in [3.05, 3.63) is 51.9 Å². The van der Waals surface area contributed by atoms with E-state index in [-0.39, 0.29) is 6.10 Å². The van der Waals surface area contributed by atoms with Gasteiger partial charge in [0.05, 0.1) is 6.61 Å². The van der Waals surface area contributed by atoms with Crippen LogP contribution in [0.1, 0.15) is 74.8 Å². The highest BCUT2D eigenvalue weighted by Crippen LogP contribution is 2.13. The SMILES string of the molecule is C#CC(/C=c1/cc(OC(C)C(=C)C)cc(C)c1=C)=C/C.CC.CC.COCC(C)(C)C. The van der Waals surface area contributed by atoms with Crippen LogP contribution >= 0.6 is 0 Å². The van der Waals surface area contributed by atoms with Crippen molar-refractivity contribution < 1.29 is 9.47 Å². The molecule has 2 heteroatoms. The highest BCUT2D eigenvalue weighted by molar-refractivity contribution is 5.57. The maximum Gasteiger partial charge on any atom is 0.121 e. The number of hydrogen-bond donors (Lipinski definition) is 0. The standard InChI is InChI=1S/C19H22O.C6H14O.2C2H6/c1-8-17(9-2)11-18-12-19(10-14(5)15(18)6)20-16(7)13(3)4;1-6(2,3)5-7-4;2*1-2/h1,9-12,16H,3,6H2,2,4-5,7H3;5H2,1-4H3;2*1-2H3/b17-9-,18-11-;;;. The first-order chi connectivity index (χ1) is 14.4. The number of terminal acetylenes is 1. The minimum absolute atomic E-state index is 0.0215. The topological polar surface area (TPSA) is 18.5 Å². The summed E-state index contributed by atoms with van der Waals surface area (Å²) in [5.41, 5.74) is 3.23. The maximum atomic E-state index is 5.88. The lowest BCUT2D eigenvalue weighted by Crippen LogP contribution is -2.27. The summed E-state index contributed by atoms with van der Waals surface area (Å²) in [6, 6.07) is 3.96. The van der Waals surface area contributed by atoms with Gasteiger partial charge < -0.3 is 9.47 Å². The van der Waals surface area contributed by atoms with E-state index in [1.165, 1.54) is 0 Å². The zero-order chi connectivity index (χ0) is 25.2. The van der Waals surface area contributed by atoms with Crippen LogP contribution in [0, 0.1) is 24.7 Å². The number of rotatable bonds is 5. The molecule has 0 N–H and O–H groups in total. The largest absolute Gasteiger partial charge is 0.486 e. The van der Waals surface area contributed by atoms with Gasteiger partial charge >= 0.3 is 0 Å². The van der Waals surface area contributed by atoms with Gasteiger partial charge in [-0.2, -0.15) is 0 Å². The normalized spacial score (nSPS) is 12.0. The molecule has 0 heterocycles. The first-order valence-electron chi connectivity index (χ1n) is 11.2. The summed E-state index contributed by atoms with van der Waals surface area (Å²) in [6.45, 7) is 31.2. The fourth-order valence-corrected chi connectivity index (χ4v) is 2.12. The number of aryl methyl sites for hydroxylation is 1. The van der Waals surface area contributed by atoms with Crippen LogP contribution in [0.5, 0.6) is 5.75 Å². The Labute approximate surface area is 193 Å². The molecule has 0 aliphatic rings. The highest BCUT2D eigenvalue weighted by Gasteiger charge is 2.07. The molecule has 0 radical (unpaired) electrons. The van der Waals surface area contributed by atoms with Gasteiger partial charge in [0, 0.05) is 12.7 Å². The first-order valence-corrected chi connectivity index (χ1v) is 11.2. The summed E-state index contributed by atoms with van der Waals surface area (Å²) in [4.78, 5) is 0. The second-order valence-corrected chi connectivity index (χ2v) is 7.94. The molecule has 176 valence electrons. The van der Waals surface area contributed by atoms with Crippen LogP contribution in [-0.2, 0) is 4.74 Å². The molecule has 1 rings (SSSR count). The third-order valence-corrected chi connectivity index (χ3v) is 3.85. The average molecular weight is 429 g/mol. The molecule has 1 unspecified atom stereocenters. The molecular weight excluding hydrogens is 380 g/mol. The molecule has 0 aliphatic carbocycles. The minimum atomic E-state index is -0.0215. The fourth-order valence-electron chi connectivity index (χ4n) is 2.12. The molecule has 0 spiro atoms. The molecule has 0 aromatic heterocycles. The molecule has 1 aromatic rings. The van der Waals surface area contributed by atoms with Gasteiger partial charge in [-0.05, 0) is 72.9 Å². The third-order valence-electron chi connectivity index (χ3n) is 3.85. The van der Waals surface area contributed by atoms with Crippen LogP contribution in [0.2, 0.25) is 0 Å². The quantitative estimate of drug-likeness (QED) is 0.377. The van der Waals surface area contributed by atoms with E-state index in [4.69, 9.17) is 15.9 Å². The molecule has 0 fully saturated rings. The number of methoxy groups -OCH3 is 1. The Kier molecular flexibility index (Phi) is 20.0. The summed E-state index contributed by atoms with van der Waals surface area (Å²) >= 11 is 0. The summed E-state index contributed by atoms with van der Waals surface area (Å²) < 4.78 is 10.8. The first kappa shape index (κ1) is 33.4. The zero-order valence-corrected chi connectivity index (χ0v) is 22.4. The lowest BCUT2D eigenvalue weighted by atomic mass is 9.99. The van der Waals surface area contributed by atoms with Crippen LogP contribution in [-0.4, -0.2) is 19.8 Å². The van der Waals surface area contributed by atoms with Gasteiger partial charge in [0.2, 0.25) is 0 Å². The van der Waals surface area contributed by atoms with Crippen LogP contribution in [0.15, 0.2) is 35.9 Å². The molecule has 2 nitrogen and oxygen atoms in total. The summed E-state index contributed by atoms with van der Waals surface area (Å²) in [5, 5.41) is 1.95. The van der Waals surface area contributed by atoms with Gasteiger partial charge in [-0.1, -0.05) is 73.6 Å². The Bertz CT molecular complexity index is 799. The Morgan fingerprint density at radius 3 is 2.03 bits per heavy atom. The van der Waals surface area contributed by atoms with Gasteiger partial charge in [0.15, 0.2) is 0 Å². The highest BCUT2D eigenvalue weighted by atomic mass is 16.5. The van der Waals surface area contributed by atoms with Crippen LogP contribution in [0.4, 0.5) is 0 Å². The van der Waals surface area contributed by atoms with Crippen molar-refractivity contribution in [2.24, 2.45) is 5.41 Å². The molecule has 31 heavy (non-hydrogen) atoms. The van der Waals surface area contributed by atoms with Crippen LogP contribution in [0.25, 0.3) is 12.7 Å². The molecule has 1 atom stereocenters. The number of benzene rings is 1. The molecule has 1 aromatic carbocycles. The molecule has 0 aliphatic heterocycles. The van der Waals surface area contributed by atoms with Gasteiger partial charge in [0.1, 0.15) is 11.9 Å². The van der Waals surface area contributed by atoms with Gasteiger partial charge in [-0.15, -0.1) is 6.42 Å². The van der Waals surface area contributed by atoms with Crippen molar-refractivity contribution in [2.75, 3.05) is 13.7 Å². The number of hydrogen-bond acceptors (Lipinski definition) is 2.